The standard InChI is InChI=1S/C15H24O3/c16-15-13(10-11-17-15)8-6-4-2-1-3-5-7-9-14-12-18-14/h8,14H,1-7,9-12H2. The first-order chi connectivity index (χ1) is 8.86. The molecular formula is C15H24O3. The number of cyclic esters (lactones) is 1. The molecule has 0 aliphatic carbocycles. The summed E-state index contributed by atoms with van der Waals surface area (Å²) >= 11 is 0. The molecular weight excluding hydrogens is 228 g/mol. The zero-order chi connectivity index (χ0) is 12.6. The van der Waals surface area contributed by atoms with Gasteiger partial charge in [0.05, 0.1) is 19.3 Å². The van der Waals surface area contributed by atoms with Gasteiger partial charge in [0.15, 0.2) is 0 Å². The van der Waals surface area contributed by atoms with Crippen molar-refractivity contribution in [3.63, 3.8) is 0 Å². The van der Waals surface area contributed by atoms with Crippen molar-refractivity contribution in [1.82, 2.24) is 0 Å². The molecule has 102 valence electrons. The minimum Gasteiger partial charge on any atom is -0.462 e. The smallest absolute Gasteiger partial charge is 0.333 e. The first-order valence-electron chi connectivity index (χ1n) is 7.34. The highest BCUT2D eigenvalue weighted by molar-refractivity contribution is 5.90. The van der Waals surface area contributed by atoms with Crippen molar-refractivity contribution in [2.24, 2.45) is 0 Å². The van der Waals surface area contributed by atoms with E-state index in [1.165, 1.54) is 44.9 Å². The molecule has 0 aromatic carbocycles. The third-order valence-corrected chi connectivity index (χ3v) is 3.64. The van der Waals surface area contributed by atoms with E-state index in [4.69, 9.17) is 9.47 Å². The lowest BCUT2D eigenvalue weighted by atomic mass is 10.1. The lowest BCUT2D eigenvalue weighted by Gasteiger charge is -2.00. The van der Waals surface area contributed by atoms with Gasteiger partial charge in [-0.2, -0.15) is 0 Å². The quantitative estimate of drug-likeness (QED) is 0.273. The van der Waals surface area contributed by atoms with Gasteiger partial charge < -0.3 is 9.47 Å². The van der Waals surface area contributed by atoms with Crippen molar-refractivity contribution in [1.29, 1.82) is 0 Å². The van der Waals surface area contributed by atoms with E-state index in [1.807, 2.05) is 0 Å². The molecule has 0 amide bonds. The summed E-state index contributed by atoms with van der Waals surface area (Å²) in [5, 5.41) is 0. The number of unbranched alkanes of at least 4 members (excludes halogenated alkanes) is 6. The number of hydrogen-bond acceptors (Lipinski definition) is 3. The Kier molecular flexibility index (Phi) is 5.72. The van der Waals surface area contributed by atoms with E-state index in [2.05, 4.69) is 6.08 Å². The summed E-state index contributed by atoms with van der Waals surface area (Å²) < 4.78 is 10.1. The van der Waals surface area contributed by atoms with Crippen molar-refractivity contribution in [3.8, 4) is 0 Å². The van der Waals surface area contributed by atoms with Gasteiger partial charge in [-0.05, 0) is 19.3 Å². The molecule has 2 rings (SSSR count). The summed E-state index contributed by atoms with van der Waals surface area (Å²) in [5.74, 6) is -0.0997. The van der Waals surface area contributed by atoms with Crippen molar-refractivity contribution in [2.45, 2.75) is 63.9 Å². The van der Waals surface area contributed by atoms with Crippen molar-refractivity contribution in [3.05, 3.63) is 11.6 Å². The van der Waals surface area contributed by atoms with Crippen LogP contribution in [0.25, 0.3) is 0 Å². The molecule has 0 saturated carbocycles. The summed E-state index contributed by atoms with van der Waals surface area (Å²) in [7, 11) is 0. The van der Waals surface area contributed by atoms with Gasteiger partial charge in [0.25, 0.3) is 0 Å². The number of allylic oxidation sites excluding steroid dienone is 1. The summed E-state index contributed by atoms with van der Waals surface area (Å²) in [6.07, 6.45) is 13.6. The summed E-state index contributed by atoms with van der Waals surface area (Å²) in [6.45, 7) is 1.58. The zero-order valence-corrected chi connectivity index (χ0v) is 11.2. The average molecular weight is 252 g/mol. The lowest BCUT2D eigenvalue weighted by molar-refractivity contribution is -0.135. The highest BCUT2D eigenvalue weighted by Crippen LogP contribution is 2.18. The fourth-order valence-electron chi connectivity index (χ4n) is 2.37. The Morgan fingerprint density at radius 1 is 1.11 bits per heavy atom. The first kappa shape index (κ1) is 13.6. The predicted octanol–water partition coefficient (Wildman–Crippen LogP) is 3.38. The second kappa shape index (κ2) is 7.57. The minimum absolute atomic E-state index is 0.0997. The van der Waals surface area contributed by atoms with Crippen LogP contribution in [0, 0.1) is 0 Å². The molecule has 18 heavy (non-hydrogen) atoms. The van der Waals surface area contributed by atoms with E-state index in [0.29, 0.717) is 12.7 Å². The molecule has 2 aliphatic heterocycles. The van der Waals surface area contributed by atoms with Crippen LogP contribution in [-0.2, 0) is 14.3 Å². The maximum atomic E-state index is 11.2. The highest BCUT2D eigenvalue weighted by Gasteiger charge is 2.20. The Balaban J connectivity index is 1.38. The van der Waals surface area contributed by atoms with E-state index in [0.717, 1.165) is 25.0 Å². The second-order valence-electron chi connectivity index (χ2n) is 5.27. The second-order valence-corrected chi connectivity index (χ2v) is 5.27. The molecule has 1 atom stereocenters. The highest BCUT2D eigenvalue weighted by atomic mass is 16.6. The number of rotatable bonds is 9. The number of carbonyl (C=O) groups is 1. The van der Waals surface area contributed by atoms with Crippen molar-refractivity contribution in [2.75, 3.05) is 13.2 Å². The Morgan fingerprint density at radius 3 is 2.50 bits per heavy atom. The molecule has 2 fully saturated rings. The number of ether oxygens (including phenoxy) is 2. The number of epoxide rings is 1. The molecule has 2 aliphatic rings. The molecule has 0 aromatic heterocycles. The molecule has 0 spiro atoms. The van der Waals surface area contributed by atoms with E-state index in [1.54, 1.807) is 0 Å². The molecule has 0 N–H and O–H groups in total. The van der Waals surface area contributed by atoms with E-state index >= 15 is 0 Å². The largest absolute Gasteiger partial charge is 0.462 e. The molecule has 3 nitrogen and oxygen atoms in total. The lowest BCUT2D eigenvalue weighted by Crippen LogP contribution is -1.94. The topological polar surface area (TPSA) is 38.8 Å². The monoisotopic (exact) mass is 252 g/mol. The van der Waals surface area contributed by atoms with Gasteiger partial charge in [-0.25, -0.2) is 4.79 Å². The van der Waals surface area contributed by atoms with Gasteiger partial charge in [-0.3, -0.25) is 0 Å². The average Bonchev–Trinajstić information content (AvgIpc) is 3.10. The fraction of sp³-hybridized carbons (Fsp3) is 0.800. The van der Waals surface area contributed by atoms with Gasteiger partial charge in [0.1, 0.15) is 0 Å². The van der Waals surface area contributed by atoms with Crippen LogP contribution in [0.1, 0.15) is 57.8 Å². The number of esters is 1. The van der Waals surface area contributed by atoms with Crippen LogP contribution in [0.15, 0.2) is 11.6 Å². The van der Waals surface area contributed by atoms with Crippen LogP contribution >= 0.6 is 0 Å². The van der Waals surface area contributed by atoms with Gasteiger partial charge in [-0.1, -0.05) is 38.2 Å². The number of hydrogen-bond donors (Lipinski definition) is 0. The van der Waals surface area contributed by atoms with Gasteiger partial charge in [0, 0.05) is 12.0 Å². The molecule has 0 bridgehead atoms. The number of carbonyl (C=O) groups excluding carboxylic acids is 1. The third-order valence-electron chi connectivity index (χ3n) is 3.64. The summed E-state index contributed by atoms with van der Waals surface area (Å²) in [6, 6.07) is 0. The van der Waals surface area contributed by atoms with Crippen LogP contribution in [0.5, 0.6) is 0 Å². The molecule has 3 heteroatoms. The normalized spacial score (nSPS) is 24.6. The zero-order valence-electron chi connectivity index (χ0n) is 11.2. The van der Waals surface area contributed by atoms with Gasteiger partial charge in [0.2, 0.25) is 0 Å². The minimum atomic E-state index is -0.0997. The maximum Gasteiger partial charge on any atom is 0.333 e. The van der Waals surface area contributed by atoms with Crippen LogP contribution < -0.4 is 0 Å². The van der Waals surface area contributed by atoms with Gasteiger partial charge >= 0.3 is 5.97 Å². The molecule has 1 unspecified atom stereocenters. The molecule has 0 aromatic rings. The Hall–Kier alpha value is -0.830. The van der Waals surface area contributed by atoms with Crippen molar-refractivity contribution < 1.29 is 14.3 Å². The van der Waals surface area contributed by atoms with E-state index in [-0.39, 0.29) is 5.97 Å². The van der Waals surface area contributed by atoms with Gasteiger partial charge in [-0.15, -0.1) is 0 Å². The van der Waals surface area contributed by atoms with Crippen LogP contribution in [0.4, 0.5) is 0 Å². The van der Waals surface area contributed by atoms with E-state index in [9.17, 15) is 4.79 Å². The summed E-state index contributed by atoms with van der Waals surface area (Å²) in [4.78, 5) is 11.2. The molecule has 2 heterocycles. The van der Waals surface area contributed by atoms with Crippen molar-refractivity contribution >= 4 is 5.97 Å². The van der Waals surface area contributed by atoms with E-state index < -0.39 is 0 Å². The first-order valence-corrected chi connectivity index (χ1v) is 7.34. The Bertz CT molecular complexity index is 292. The third kappa shape index (κ3) is 5.21. The maximum absolute atomic E-state index is 11.2. The summed E-state index contributed by atoms with van der Waals surface area (Å²) in [5.41, 5.74) is 0.888. The molecule has 0 radical (unpaired) electrons. The Morgan fingerprint density at radius 2 is 1.83 bits per heavy atom. The van der Waals surface area contributed by atoms with Crippen LogP contribution in [-0.4, -0.2) is 25.3 Å². The fourth-order valence-corrected chi connectivity index (χ4v) is 2.37. The van der Waals surface area contributed by atoms with Crippen LogP contribution in [0.3, 0.4) is 0 Å². The SMILES string of the molecule is O=C1OCCC1=CCCCCCCCCC1CO1. The van der Waals surface area contributed by atoms with Crippen LogP contribution in [0.2, 0.25) is 0 Å². The molecule has 2 saturated heterocycles. The predicted molar refractivity (Wildman–Crippen MR) is 70.3 cm³/mol. The Labute approximate surface area is 110 Å².